The van der Waals surface area contributed by atoms with Gasteiger partial charge in [-0.05, 0) is 19.1 Å². The van der Waals surface area contributed by atoms with E-state index in [1.54, 1.807) is 14.0 Å². The number of rotatable bonds is 4. The molecule has 0 bridgehead atoms. The predicted molar refractivity (Wildman–Crippen MR) is 76.8 cm³/mol. The molecule has 2 rings (SSSR count). The van der Waals surface area contributed by atoms with Crippen LogP contribution in [0.2, 0.25) is 0 Å². The SMILES string of the molecule is CNc1nc(C(C)C)nc(Oc2cccc(F)c2F)c1C. The summed E-state index contributed by atoms with van der Waals surface area (Å²) in [6, 6.07) is 3.77. The van der Waals surface area contributed by atoms with Crippen LogP contribution in [0.3, 0.4) is 0 Å². The van der Waals surface area contributed by atoms with Gasteiger partial charge in [0.2, 0.25) is 11.7 Å². The minimum Gasteiger partial charge on any atom is -0.435 e. The lowest BCUT2D eigenvalue weighted by Gasteiger charge is -2.14. The van der Waals surface area contributed by atoms with Gasteiger partial charge in [0.25, 0.3) is 0 Å². The summed E-state index contributed by atoms with van der Waals surface area (Å²) in [4.78, 5) is 8.65. The normalized spacial score (nSPS) is 10.8. The van der Waals surface area contributed by atoms with Crippen LogP contribution in [0.1, 0.15) is 31.2 Å². The molecule has 0 atom stereocenters. The highest BCUT2D eigenvalue weighted by Crippen LogP contribution is 2.30. The van der Waals surface area contributed by atoms with Crippen molar-refractivity contribution in [3.8, 4) is 11.6 Å². The fourth-order valence-corrected chi connectivity index (χ4v) is 1.78. The lowest BCUT2D eigenvalue weighted by molar-refractivity contribution is 0.400. The Labute approximate surface area is 122 Å². The van der Waals surface area contributed by atoms with E-state index in [0.717, 1.165) is 6.07 Å². The minimum atomic E-state index is -1.03. The maximum Gasteiger partial charge on any atom is 0.227 e. The lowest BCUT2D eigenvalue weighted by atomic mass is 10.2. The van der Waals surface area contributed by atoms with Gasteiger partial charge in [-0.25, -0.2) is 9.37 Å². The molecule has 1 aromatic heterocycles. The molecule has 0 fully saturated rings. The number of benzene rings is 1. The number of anilines is 1. The predicted octanol–water partition coefficient (Wildman–Crippen LogP) is 4.02. The number of ether oxygens (including phenoxy) is 1. The van der Waals surface area contributed by atoms with Crippen LogP contribution in [0.25, 0.3) is 0 Å². The summed E-state index contributed by atoms with van der Waals surface area (Å²) in [5.74, 6) is -0.740. The summed E-state index contributed by atoms with van der Waals surface area (Å²) in [6.07, 6.45) is 0. The van der Waals surface area contributed by atoms with Crippen molar-refractivity contribution in [2.75, 3.05) is 12.4 Å². The van der Waals surface area contributed by atoms with E-state index in [0.29, 0.717) is 17.2 Å². The molecule has 0 aliphatic rings. The first-order valence-electron chi connectivity index (χ1n) is 6.62. The summed E-state index contributed by atoms with van der Waals surface area (Å²) in [5, 5.41) is 2.94. The van der Waals surface area contributed by atoms with Crippen molar-refractivity contribution in [3.63, 3.8) is 0 Å². The number of halogens is 2. The molecule has 0 radical (unpaired) electrons. The zero-order valence-electron chi connectivity index (χ0n) is 12.4. The van der Waals surface area contributed by atoms with Crippen LogP contribution in [-0.4, -0.2) is 17.0 Å². The Morgan fingerprint density at radius 3 is 2.52 bits per heavy atom. The second kappa shape index (κ2) is 6.03. The van der Waals surface area contributed by atoms with Gasteiger partial charge in [0.15, 0.2) is 11.6 Å². The second-order valence-corrected chi connectivity index (χ2v) is 4.92. The summed E-state index contributed by atoms with van der Waals surface area (Å²) in [7, 11) is 1.73. The Morgan fingerprint density at radius 2 is 1.90 bits per heavy atom. The molecule has 1 aromatic carbocycles. The number of aromatic nitrogens is 2. The summed E-state index contributed by atoms with van der Waals surface area (Å²) < 4.78 is 32.4. The molecule has 21 heavy (non-hydrogen) atoms. The van der Waals surface area contributed by atoms with E-state index in [-0.39, 0.29) is 17.5 Å². The van der Waals surface area contributed by atoms with E-state index < -0.39 is 11.6 Å². The quantitative estimate of drug-likeness (QED) is 0.925. The Bertz CT molecular complexity index is 660. The highest BCUT2D eigenvalue weighted by Gasteiger charge is 2.16. The van der Waals surface area contributed by atoms with Crippen molar-refractivity contribution in [3.05, 3.63) is 41.2 Å². The molecular formula is C15H17F2N3O. The van der Waals surface area contributed by atoms with E-state index in [9.17, 15) is 8.78 Å². The molecule has 0 saturated heterocycles. The zero-order valence-corrected chi connectivity index (χ0v) is 12.4. The Morgan fingerprint density at radius 1 is 1.19 bits per heavy atom. The first-order chi connectivity index (χ1) is 9.93. The molecule has 0 aliphatic heterocycles. The van der Waals surface area contributed by atoms with Crippen molar-refractivity contribution in [2.45, 2.75) is 26.7 Å². The zero-order chi connectivity index (χ0) is 15.6. The summed E-state index contributed by atoms with van der Waals surface area (Å²) in [6.45, 7) is 5.63. The van der Waals surface area contributed by atoms with Crippen LogP contribution >= 0.6 is 0 Å². The van der Waals surface area contributed by atoms with E-state index in [2.05, 4.69) is 15.3 Å². The molecule has 112 valence electrons. The van der Waals surface area contributed by atoms with Gasteiger partial charge < -0.3 is 10.1 Å². The summed E-state index contributed by atoms with van der Waals surface area (Å²) in [5.41, 5.74) is 0.630. The topological polar surface area (TPSA) is 47.0 Å². The fourth-order valence-electron chi connectivity index (χ4n) is 1.78. The molecule has 1 N–H and O–H groups in total. The average molecular weight is 293 g/mol. The number of nitrogens with one attached hydrogen (secondary N) is 1. The molecule has 2 aromatic rings. The number of nitrogens with zero attached hydrogens (tertiary/aromatic N) is 2. The van der Waals surface area contributed by atoms with E-state index in [4.69, 9.17) is 4.74 Å². The van der Waals surface area contributed by atoms with Crippen molar-refractivity contribution in [1.82, 2.24) is 9.97 Å². The first-order valence-corrected chi connectivity index (χ1v) is 6.62. The standard InChI is InChI=1S/C15H17F2N3O/c1-8(2)13-19-14(18-4)9(3)15(20-13)21-11-7-5-6-10(16)12(11)17/h5-8H,1-4H3,(H,18,19,20). The van der Waals surface area contributed by atoms with Crippen LogP contribution in [0.5, 0.6) is 11.6 Å². The first kappa shape index (κ1) is 15.2. The maximum atomic E-state index is 13.7. The van der Waals surface area contributed by atoms with Gasteiger partial charge in [-0.3, -0.25) is 0 Å². The molecule has 0 saturated carbocycles. The Kier molecular flexibility index (Phi) is 4.35. The molecule has 1 heterocycles. The van der Waals surface area contributed by atoms with E-state index in [1.807, 2.05) is 13.8 Å². The van der Waals surface area contributed by atoms with Crippen molar-refractivity contribution in [2.24, 2.45) is 0 Å². The monoisotopic (exact) mass is 293 g/mol. The van der Waals surface area contributed by atoms with Crippen LogP contribution in [0.15, 0.2) is 18.2 Å². The van der Waals surface area contributed by atoms with Crippen LogP contribution in [-0.2, 0) is 0 Å². The Hall–Kier alpha value is -2.24. The molecular weight excluding hydrogens is 276 g/mol. The van der Waals surface area contributed by atoms with Gasteiger partial charge in [-0.15, -0.1) is 0 Å². The fraction of sp³-hybridized carbons (Fsp3) is 0.333. The van der Waals surface area contributed by atoms with E-state index >= 15 is 0 Å². The largest absolute Gasteiger partial charge is 0.435 e. The third-order valence-corrected chi connectivity index (χ3v) is 2.99. The highest BCUT2D eigenvalue weighted by atomic mass is 19.2. The third kappa shape index (κ3) is 3.09. The van der Waals surface area contributed by atoms with Gasteiger partial charge in [-0.2, -0.15) is 9.37 Å². The van der Waals surface area contributed by atoms with Crippen molar-refractivity contribution in [1.29, 1.82) is 0 Å². The molecule has 0 aliphatic carbocycles. The number of hydrogen-bond donors (Lipinski definition) is 1. The van der Waals surface area contributed by atoms with Crippen LogP contribution < -0.4 is 10.1 Å². The van der Waals surface area contributed by atoms with Crippen molar-refractivity contribution >= 4 is 5.82 Å². The van der Waals surface area contributed by atoms with Gasteiger partial charge in [0.05, 0.1) is 5.56 Å². The molecule has 0 amide bonds. The third-order valence-electron chi connectivity index (χ3n) is 2.99. The van der Waals surface area contributed by atoms with Gasteiger partial charge in [-0.1, -0.05) is 19.9 Å². The second-order valence-electron chi connectivity index (χ2n) is 4.92. The molecule has 4 nitrogen and oxygen atoms in total. The maximum absolute atomic E-state index is 13.7. The number of hydrogen-bond acceptors (Lipinski definition) is 4. The van der Waals surface area contributed by atoms with Gasteiger partial charge in [0, 0.05) is 13.0 Å². The van der Waals surface area contributed by atoms with Crippen molar-refractivity contribution < 1.29 is 13.5 Å². The molecule has 0 unspecified atom stereocenters. The van der Waals surface area contributed by atoms with E-state index in [1.165, 1.54) is 12.1 Å². The summed E-state index contributed by atoms with van der Waals surface area (Å²) >= 11 is 0. The van der Waals surface area contributed by atoms with Crippen LogP contribution in [0, 0.1) is 18.6 Å². The highest BCUT2D eigenvalue weighted by molar-refractivity contribution is 5.49. The molecule has 0 spiro atoms. The van der Waals surface area contributed by atoms with Crippen LogP contribution in [0.4, 0.5) is 14.6 Å². The lowest BCUT2D eigenvalue weighted by Crippen LogP contribution is -2.07. The van der Waals surface area contributed by atoms with Gasteiger partial charge >= 0.3 is 0 Å². The van der Waals surface area contributed by atoms with Gasteiger partial charge in [0.1, 0.15) is 11.6 Å². The average Bonchev–Trinajstić information content (AvgIpc) is 2.45. The molecule has 6 heteroatoms. The smallest absolute Gasteiger partial charge is 0.227 e. The Balaban J connectivity index is 2.48. The minimum absolute atomic E-state index is 0.0809.